The maximum Gasteiger partial charge on any atom is 0.356 e. The molecule has 0 fully saturated rings. The minimum Gasteiger partial charge on any atom is -0.476 e. The fraction of sp³-hybridized carbons (Fsp3) is 0.133. The Labute approximate surface area is 126 Å². The maximum absolute atomic E-state index is 11.0. The molecular weight excluding hydrogens is 282 g/mol. The molecule has 0 saturated carbocycles. The van der Waals surface area contributed by atoms with Gasteiger partial charge in [0.25, 0.3) is 0 Å². The van der Waals surface area contributed by atoms with Gasteiger partial charge in [0.1, 0.15) is 0 Å². The Morgan fingerprint density at radius 2 is 2.05 bits per heavy atom. The van der Waals surface area contributed by atoms with Gasteiger partial charge in [-0.15, -0.1) is 0 Å². The molecule has 0 saturated heterocycles. The average Bonchev–Trinajstić information content (AvgIpc) is 3.01. The van der Waals surface area contributed by atoms with Crippen LogP contribution in [0.3, 0.4) is 0 Å². The third-order valence-electron chi connectivity index (χ3n) is 3.31. The second-order valence-corrected chi connectivity index (χ2v) is 4.77. The number of aryl methyl sites for hydroxylation is 1. The lowest BCUT2D eigenvalue weighted by Gasteiger charge is -2.10. The summed E-state index contributed by atoms with van der Waals surface area (Å²) < 4.78 is 1.45. The van der Waals surface area contributed by atoms with Crippen molar-refractivity contribution in [2.45, 2.75) is 13.8 Å². The van der Waals surface area contributed by atoms with E-state index in [1.165, 1.54) is 10.7 Å². The summed E-state index contributed by atoms with van der Waals surface area (Å²) >= 11 is 0. The highest BCUT2D eigenvalue weighted by Crippen LogP contribution is 2.20. The van der Waals surface area contributed by atoms with Crippen LogP contribution in [0.2, 0.25) is 0 Å². The summed E-state index contributed by atoms with van der Waals surface area (Å²) in [6, 6.07) is 5.11. The van der Waals surface area contributed by atoms with Crippen molar-refractivity contribution >= 4 is 5.97 Å². The highest BCUT2D eigenvalue weighted by Gasteiger charge is 2.14. The second-order valence-electron chi connectivity index (χ2n) is 4.77. The van der Waals surface area contributed by atoms with Crippen LogP contribution in [0.4, 0.5) is 0 Å². The minimum absolute atomic E-state index is 0.0291. The first-order valence-corrected chi connectivity index (χ1v) is 6.61. The van der Waals surface area contributed by atoms with Crippen LogP contribution in [0.1, 0.15) is 21.7 Å². The maximum atomic E-state index is 11.0. The molecule has 0 aliphatic heterocycles. The summed E-state index contributed by atoms with van der Waals surface area (Å²) in [6.45, 7) is 3.75. The number of nitrogens with zero attached hydrogens (tertiary/aromatic N) is 5. The number of aromatic nitrogens is 5. The van der Waals surface area contributed by atoms with Crippen molar-refractivity contribution in [1.29, 1.82) is 0 Å². The minimum atomic E-state index is -1.07. The molecule has 3 aromatic heterocycles. The molecule has 3 heterocycles. The molecular formula is C15H13N5O2. The van der Waals surface area contributed by atoms with Gasteiger partial charge in [0.15, 0.2) is 17.3 Å². The smallest absolute Gasteiger partial charge is 0.356 e. The van der Waals surface area contributed by atoms with E-state index in [0.29, 0.717) is 11.6 Å². The Morgan fingerprint density at radius 1 is 1.23 bits per heavy atom. The number of carboxylic acids is 1. The van der Waals surface area contributed by atoms with Crippen LogP contribution in [-0.2, 0) is 0 Å². The van der Waals surface area contributed by atoms with Crippen LogP contribution in [-0.4, -0.2) is 35.8 Å². The number of rotatable bonds is 3. The molecule has 1 N–H and O–H groups in total. The number of hydrogen-bond donors (Lipinski definition) is 1. The molecule has 3 rings (SSSR count). The zero-order valence-electron chi connectivity index (χ0n) is 12.1. The Balaban J connectivity index is 2.14. The highest BCUT2D eigenvalue weighted by atomic mass is 16.4. The van der Waals surface area contributed by atoms with Crippen molar-refractivity contribution in [3.63, 3.8) is 0 Å². The van der Waals surface area contributed by atoms with Crippen LogP contribution >= 0.6 is 0 Å². The van der Waals surface area contributed by atoms with Gasteiger partial charge in [-0.05, 0) is 32.0 Å². The van der Waals surface area contributed by atoms with E-state index in [1.54, 1.807) is 18.6 Å². The molecule has 0 amide bonds. The summed E-state index contributed by atoms with van der Waals surface area (Å²) in [5, 5.41) is 13.0. The van der Waals surface area contributed by atoms with Gasteiger partial charge in [-0.1, -0.05) is 0 Å². The average molecular weight is 295 g/mol. The Kier molecular flexibility index (Phi) is 3.38. The summed E-state index contributed by atoms with van der Waals surface area (Å²) in [4.78, 5) is 24.0. The lowest BCUT2D eigenvalue weighted by atomic mass is 10.2. The third kappa shape index (κ3) is 2.44. The van der Waals surface area contributed by atoms with Crippen molar-refractivity contribution < 1.29 is 9.90 Å². The molecule has 0 aromatic carbocycles. The zero-order valence-corrected chi connectivity index (χ0v) is 12.1. The molecule has 110 valence electrons. The first-order chi connectivity index (χ1) is 10.6. The quantitative estimate of drug-likeness (QED) is 0.794. The van der Waals surface area contributed by atoms with E-state index in [2.05, 4.69) is 20.1 Å². The molecule has 0 aliphatic rings. The van der Waals surface area contributed by atoms with Crippen molar-refractivity contribution in [3.8, 4) is 17.2 Å². The fourth-order valence-corrected chi connectivity index (χ4v) is 2.02. The van der Waals surface area contributed by atoms with E-state index in [-0.39, 0.29) is 5.69 Å². The molecule has 0 atom stereocenters. The van der Waals surface area contributed by atoms with E-state index in [4.69, 9.17) is 5.11 Å². The highest BCUT2D eigenvalue weighted by molar-refractivity contribution is 5.85. The first kappa shape index (κ1) is 13.9. The van der Waals surface area contributed by atoms with Gasteiger partial charge in [0, 0.05) is 35.4 Å². The number of aromatic carboxylic acids is 1. The Bertz CT molecular complexity index is 842. The fourth-order valence-electron chi connectivity index (χ4n) is 2.02. The van der Waals surface area contributed by atoms with Crippen molar-refractivity contribution in [2.75, 3.05) is 0 Å². The van der Waals surface area contributed by atoms with E-state index < -0.39 is 5.97 Å². The summed E-state index contributed by atoms with van der Waals surface area (Å²) in [7, 11) is 0. The van der Waals surface area contributed by atoms with E-state index in [9.17, 15) is 4.79 Å². The third-order valence-corrected chi connectivity index (χ3v) is 3.31. The van der Waals surface area contributed by atoms with E-state index in [1.807, 2.05) is 26.0 Å². The van der Waals surface area contributed by atoms with Crippen LogP contribution in [0.15, 0.2) is 36.8 Å². The van der Waals surface area contributed by atoms with Gasteiger partial charge in [-0.25, -0.2) is 19.4 Å². The van der Waals surface area contributed by atoms with Gasteiger partial charge >= 0.3 is 5.97 Å². The topological polar surface area (TPSA) is 93.8 Å². The molecule has 7 nitrogen and oxygen atoms in total. The molecule has 0 aliphatic carbocycles. The van der Waals surface area contributed by atoms with Gasteiger partial charge in [-0.3, -0.25) is 4.98 Å². The second kappa shape index (κ2) is 5.36. The number of carbonyl (C=O) groups is 1. The van der Waals surface area contributed by atoms with E-state index >= 15 is 0 Å². The van der Waals surface area contributed by atoms with Crippen LogP contribution in [0.25, 0.3) is 17.2 Å². The van der Waals surface area contributed by atoms with Crippen molar-refractivity contribution in [3.05, 3.63) is 53.7 Å². The summed E-state index contributed by atoms with van der Waals surface area (Å²) in [5.74, 6) is 0.00657. The molecule has 0 radical (unpaired) electrons. The SMILES string of the molecule is Cc1nc(-c2cccnc2)nc(-n2ccc(C(=O)O)n2)c1C. The van der Waals surface area contributed by atoms with Crippen molar-refractivity contribution in [1.82, 2.24) is 24.7 Å². The Hall–Kier alpha value is -3.09. The molecule has 3 aromatic rings. The van der Waals surface area contributed by atoms with Gasteiger partial charge < -0.3 is 5.11 Å². The predicted octanol–water partition coefficient (Wildman–Crippen LogP) is 2.04. The van der Waals surface area contributed by atoms with Crippen molar-refractivity contribution in [2.24, 2.45) is 0 Å². The standard InChI is InChI=1S/C15H13N5O2/c1-9-10(2)17-13(11-4-3-6-16-8-11)18-14(9)20-7-5-12(19-20)15(21)22/h3-8H,1-2H3,(H,21,22). The molecule has 7 heteroatoms. The lowest BCUT2D eigenvalue weighted by molar-refractivity contribution is 0.0690. The van der Waals surface area contributed by atoms with Gasteiger partial charge in [-0.2, -0.15) is 5.10 Å². The summed E-state index contributed by atoms with van der Waals surface area (Å²) in [5.41, 5.74) is 2.40. The number of hydrogen-bond acceptors (Lipinski definition) is 5. The predicted molar refractivity (Wildman–Crippen MR) is 78.8 cm³/mol. The van der Waals surface area contributed by atoms with Crippen LogP contribution in [0, 0.1) is 13.8 Å². The van der Waals surface area contributed by atoms with Crippen LogP contribution < -0.4 is 0 Å². The number of carboxylic acid groups (broad SMARTS) is 1. The normalized spacial score (nSPS) is 10.6. The van der Waals surface area contributed by atoms with Gasteiger partial charge in [0.05, 0.1) is 0 Å². The largest absolute Gasteiger partial charge is 0.476 e. The first-order valence-electron chi connectivity index (χ1n) is 6.61. The van der Waals surface area contributed by atoms with Crippen LogP contribution in [0.5, 0.6) is 0 Å². The molecule has 0 spiro atoms. The molecule has 22 heavy (non-hydrogen) atoms. The zero-order chi connectivity index (χ0) is 15.7. The number of pyridine rings is 1. The molecule has 0 bridgehead atoms. The lowest BCUT2D eigenvalue weighted by Crippen LogP contribution is -2.08. The summed E-state index contributed by atoms with van der Waals surface area (Å²) in [6.07, 6.45) is 4.93. The molecule has 0 unspecified atom stereocenters. The Morgan fingerprint density at radius 3 is 2.68 bits per heavy atom. The van der Waals surface area contributed by atoms with E-state index in [0.717, 1.165) is 16.8 Å². The monoisotopic (exact) mass is 295 g/mol. The van der Waals surface area contributed by atoms with Gasteiger partial charge in [0.2, 0.25) is 0 Å².